The molecule has 0 unspecified atom stereocenters. The molecule has 4 aliphatic rings. The smallest absolute Gasteiger partial charge is 0.0760 e. The summed E-state index contributed by atoms with van der Waals surface area (Å²) in [5, 5.41) is 0. The summed E-state index contributed by atoms with van der Waals surface area (Å²) < 4.78 is 2.67. The highest BCUT2D eigenvalue weighted by Gasteiger charge is 2.52. The highest BCUT2D eigenvalue weighted by atomic mass is 32.2. The largest absolute Gasteiger partial charge is 0.306 e. The molecule has 0 saturated carbocycles. The fourth-order valence-corrected chi connectivity index (χ4v) is 7.08. The van der Waals surface area contributed by atoms with E-state index in [2.05, 4.69) is 65.7 Å². The Hall–Kier alpha value is 0.190. The lowest BCUT2D eigenvalue weighted by Gasteiger charge is -2.61. The minimum absolute atomic E-state index is 0.259. The highest BCUT2D eigenvalue weighted by molar-refractivity contribution is 7.98. The summed E-state index contributed by atoms with van der Waals surface area (Å²) >= 11 is 2.13. The van der Waals surface area contributed by atoms with Gasteiger partial charge in [-0.1, -0.05) is 11.9 Å². The van der Waals surface area contributed by atoms with E-state index in [9.17, 15) is 0 Å². The zero-order valence-electron chi connectivity index (χ0n) is 17.8. The third-order valence-corrected chi connectivity index (χ3v) is 9.05. The first kappa shape index (κ1) is 19.5. The third kappa shape index (κ3) is 3.71. The second-order valence-electron chi connectivity index (χ2n) is 10.6. The second-order valence-corrected chi connectivity index (χ2v) is 12.3. The van der Waals surface area contributed by atoms with Gasteiger partial charge in [-0.3, -0.25) is 4.90 Å². The van der Waals surface area contributed by atoms with Crippen molar-refractivity contribution in [1.82, 2.24) is 19.0 Å². The summed E-state index contributed by atoms with van der Waals surface area (Å²) in [6, 6.07) is 0.718. The van der Waals surface area contributed by atoms with E-state index in [1.165, 1.54) is 78.0 Å². The van der Waals surface area contributed by atoms with Gasteiger partial charge in [-0.15, -0.1) is 0 Å². The van der Waals surface area contributed by atoms with Crippen LogP contribution in [0.25, 0.3) is 0 Å². The highest BCUT2D eigenvalue weighted by Crippen LogP contribution is 2.50. The first-order valence-electron chi connectivity index (χ1n) is 10.8. The van der Waals surface area contributed by atoms with Crippen LogP contribution < -0.4 is 0 Å². The van der Waals surface area contributed by atoms with Crippen molar-refractivity contribution in [2.75, 3.05) is 59.4 Å². The molecule has 4 fully saturated rings. The Morgan fingerprint density at radius 2 is 1.31 bits per heavy atom. The molecule has 0 aromatic rings. The third-order valence-electron chi connectivity index (χ3n) is 7.83. The van der Waals surface area contributed by atoms with Gasteiger partial charge in [-0.25, -0.2) is 4.31 Å². The van der Waals surface area contributed by atoms with E-state index in [0.717, 1.165) is 6.04 Å². The van der Waals surface area contributed by atoms with Crippen molar-refractivity contribution >= 4 is 11.9 Å². The van der Waals surface area contributed by atoms with Crippen LogP contribution >= 0.6 is 11.9 Å². The number of hydrogen-bond acceptors (Lipinski definition) is 5. The molecule has 0 aromatic carbocycles. The average Bonchev–Trinajstić information content (AvgIpc) is 2.52. The Kier molecular flexibility index (Phi) is 5.18. The molecule has 0 N–H and O–H groups in total. The van der Waals surface area contributed by atoms with Crippen molar-refractivity contribution in [2.24, 2.45) is 10.8 Å². The first-order valence-corrected chi connectivity index (χ1v) is 11.6. The SMILES string of the molecule is CC(C)N1CCC2(CC1)CN(SC(C)(C)N1CC3(CCN(C)CC3)C1)C2. The lowest BCUT2D eigenvalue weighted by Crippen LogP contribution is -2.66. The molecule has 150 valence electrons. The predicted molar refractivity (Wildman–Crippen MR) is 112 cm³/mol. The lowest BCUT2D eigenvalue weighted by molar-refractivity contribution is -0.0700. The molecule has 0 amide bonds. The molecule has 4 heterocycles. The van der Waals surface area contributed by atoms with Gasteiger partial charge >= 0.3 is 0 Å². The van der Waals surface area contributed by atoms with Crippen LogP contribution in [0.1, 0.15) is 53.4 Å². The van der Waals surface area contributed by atoms with Gasteiger partial charge < -0.3 is 9.80 Å². The summed E-state index contributed by atoms with van der Waals surface area (Å²) in [5.41, 5.74) is 1.28. The molecule has 0 atom stereocenters. The van der Waals surface area contributed by atoms with Gasteiger partial charge in [0.15, 0.2) is 0 Å². The van der Waals surface area contributed by atoms with E-state index in [1.807, 2.05) is 0 Å². The summed E-state index contributed by atoms with van der Waals surface area (Å²) in [5.74, 6) is 0. The molecule has 0 radical (unpaired) electrons. The molecular weight excluding hydrogens is 340 g/mol. The quantitative estimate of drug-likeness (QED) is 0.693. The standard InChI is InChI=1S/C21H40N4S/c1-18(2)23-12-8-21(9-13-23)16-25(17-21)26-19(3,4)24-14-20(15-24)6-10-22(5)11-7-20/h18H,6-17H2,1-5H3. The van der Waals surface area contributed by atoms with Gasteiger partial charge in [0, 0.05) is 37.6 Å². The number of hydrogen-bond donors (Lipinski definition) is 0. The molecule has 2 spiro atoms. The zero-order chi connectivity index (χ0) is 18.6. The molecule has 5 heteroatoms. The van der Waals surface area contributed by atoms with Crippen molar-refractivity contribution in [1.29, 1.82) is 0 Å². The van der Waals surface area contributed by atoms with Crippen LogP contribution in [0.2, 0.25) is 0 Å². The molecule has 0 aliphatic carbocycles. The van der Waals surface area contributed by atoms with E-state index >= 15 is 0 Å². The normalized spacial score (nSPS) is 30.7. The lowest BCUT2D eigenvalue weighted by atomic mass is 9.71. The Morgan fingerprint density at radius 3 is 1.85 bits per heavy atom. The summed E-state index contributed by atoms with van der Waals surface area (Å²) in [6.07, 6.45) is 5.62. The average molecular weight is 381 g/mol. The maximum absolute atomic E-state index is 2.75. The van der Waals surface area contributed by atoms with E-state index < -0.39 is 0 Å². The predicted octanol–water partition coefficient (Wildman–Crippen LogP) is 3.20. The molecule has 0 bridgehead atoms. The van der Waals surface area contributed by atoms with Crippen LogP contribution in [0.4, 0.5) is 0 Å². The maximum atomic E-state index is 2.75. The van der Waals surface area contributed by atoms with E-state index in [-0.39, 0.29) is 4.87 Å². The zero-order valence-corrected chi connectivity index (χ0v) is 18.6. The topological polar surface area (TPSA) is 13.0 Å². The monoisotopic (exact) mass is 380 g/mol. The molecule has 4 aliphatic heterocycles. The first-order chi connectivity index (χ1) is 12.2. The van der Waals surface area contributed by atoms with Crippen molar-refractivity contribution in [2.45, 2.75) is 64.3 Å². The Balaban J connectivity index is 1.22. The summed E-state index contributed by atoms with van der Waals surface area (Å²) in [7, 11) is 2.27. The molecule has 26 heavy (non-hydrogen) atoms. The van der Waals surface area contributed by atoms with E-state index in [4.69, 9.17) is 0 Å². The Morgan fingerprint density at radius 1 is 0.808 bits per heavy atom. The van der Waals surface area contributed by atoms with Crippen molar-refractivity contribution in [3.63, 3.8) is 0 Å². The van der Waals surface area contributed by atoms with Gasteiger partial charge in [-0.05, 0) is 92.0 Å². The Bertz CT molecular complexity index is 488. The van der Waals surface area contributed by atoms with Gasteiger partial charge in [0.05, 0.1) is 4.87 Å². The van der Waals surface area contributed by atoms with Crippen LogP contribution in [0.3, 0.4) is 0 Å². The fraction of sp³-hybridized carbons (Fsp3) is 1.00. The molecule has 4 saturated heterocycles. The van der Waals surface area contributed by atoms with Gasteiger partial charge in [-0.2, -0.15) is 0 Å². The number of piperidine rings is 2. The number of nitrogens with zero attached hydrogens (tertiary/aromatic N) is 4. The number of likely N-dealkylation sites (tertiary alicyclic amines) is 3. The molecule has 0 aromatic heterocycles. The van der Waals surface area contributed by atoms with Crippen molar-refractivity contribution < 1.29 is 0 Å². The fourth-order valence-electron chi connectivity index (χ4n) is 5.52. The molecular formula is C21H40N4S. The molecule has 4 nitrogen and oxygen atoms in total. The van der Waals surface area contributed by atoms with E-state index in [0.29, 0.717) is 10.8 Å². The second kappa shape index (κ2) is 6.91. The summed E-state index contributed by atoms with van der Waals surface area (Å²) in [6.45, 7) is 20.1. The minimum atomic E-state index is 0.259. The van der Waals surface area contributed by atoms with Gasteiger partial charge in [0.25, 0.3) is 0 Å². The van der Waals surface area contributed by atoms with Crippen LogP contribution in [-0.4, -0.2) is 89.3 Å². The van der Waals surface area contributed by atoms with E-state index in [1.54, 1.807) is 0 Å². The van der Waals surface area contributed by atoms with Gasteiger partial charge in [0.2, 0.25) is 0 Å². The van der Waals surface area contributed by atoms with Crippen LogP contribution in [0, 0.1) is 10.8 Å². The number of rotatable bonds is 4. The van der Waals surface area contributed by atoms with Crippen LogP contribution in [0.15, 0.2) is 0 Å². The summed E-state index contributed by atoms with van der Waals surface area (Å²) in [4.78, 5) is 8.16. The maximum Gasteiger partial charge on any atom is 0.0760 e. The van der Waals surface area contributed by atoms with Crippen molar-refractivity contribution in [3.05, 3.63) is 0 Å². The Labute approximate surface area is 165 Å². The molecule has 4 rings (SSSR count). The van der Waals surface area contributed by atoms with Crippen LogP contribution in [-0.2, 0) is 0 Å². The van der Waals surface area contributed by atoms with Crippen LogP contribution in [0.5, 0.6) is 0 Å². The van der Waals surface area contributed by atoms with Gasteiger partial charge in [0.1, 0.15) is 0 Å². The van der Waals surface area contributed by atoms with Crippen molar-refractivity contribution in [3.8, 4) is 0 Å². The minimum Gasteiger partial charge on any atom is -0.306 e.